The molecule has 0 bridgehead atoms. The van der Waals surface area contributed by atoms with Crippen molar-refractivity contribution in [3.8, 4) is 0 Å². The lowest BCUT2D eigenvalue weighted by atomic mass is 9.85. The molecule has 0 amide bonds. The Morgan fingerprint density at radius 1 is 1.25 bits per heavy atom. The van der Waals surface area contributed by atoms with Gasteiger partial charge in [-0.05, 0) is 54.9 Å². The van der Waals surface area contributed by atoms with Crippen molar-refractivity contribution in [1.29, 1.82) is 0 Å². The van der Waals surface area contributed by atoms with Crippen LogP contribution in [0.2, 0.25) is 0 Å². The number of benzene rings is 1. The maximum atomic E-state index is 11.1. The number of carboxylic acid groups (broad SMARTS) is 1. The van der Waals surface area contributed by atoms with Crippen LogP contribution in [0.1, 0.15) is 39.9 Å². The highest BCUT2D eigenvalue weighted by molar-refractivity contribution is 5.90. The molecule has 16 heavy (non-hydrogen) atoms. The van der Waals surface area contributed by atoms with Gasteiger partial charge in [-0.3, -0.25) is 0 Å². The molecule has 0 saturated carbocycles. The van der Waals surface area contributed by atoms with Crippen molar-refractivity contribution in [2.24, 2.45) is 0 Å². The van der Waals surface area contributed by atoms with E-state index in [0.29, 0.717) is 12.0 Å². The van der Waals surface area contributed by atoms with Gasteiger partial charge in [0.25, 0.3) is 0 Å². The highest BCUT2D eigenvalue weighted by atomic mass is 16.4. The van der Waals surface area contributed by atoms with Crippen molar-refractivity contribution in [3.05, 3.63) is 34.4 Å². The zero-order chi connectivity index (χ0) is 11.5. The molecule has 0 heterocycles. The van der Waals surface area contributed by atoms with Crippen molar-refractivity contribution in [2.45, 2.75) is 32.1 Å². The Hall–Kier alpha value is -1.35. The zero-order valence-electron chi connectivity index (χ0n) is 9.20. The fourth-order valence-corrected chi connectivity index (χ4v) is 2.50. The Bertz CT molecular complexity index is 410. The van der Waals surface area contributed by atoms with E-state index in [9.17, 15) is 4.79 Å². The summed E-state index contributed by atoms with van der Waals surface area (Å²) in [6.45, 7) is 0.0106. The fourth-order valence-electron chi connectivity index (χ4n) is 2.50. The average Bonchev–Trinajstić information content (AvgIpc) is 2.29. The van der Waals surface area contributed by atoms with Crippen molar-refractivity contribution >= 4 is 5.97 Å². The van der Waals surface area contributed by atoms with Crippen LogP contribution in [0.3, 0.4) is 0 Å². The van der Waals surface area contributed by atoms with Crippen LogP contribution in [0.15, 0.2) is 12.1 Å². The van der Waals surface area contributed by atoms with E-state index < -0.39 is 5.97 Å². The average molecular weight is 220 g/mol. The molecule has 0 fully saturated rings. The van der Waals surface area contributed by atoms with E-state index in [1.165, 1.54) is 17.5 Å². The molecule has 0 aliphatic heterocycles. The summed E-state index contributed by atoms with van der Waals surface area (Å²) in [7, 11) is 0. The van der Waals surface area contributed by atoms with Gasteiger partial charge in [-0.2, -0.15) is 0 Å². The summed E-state index contributed by atoms with van der Waals surface area (Å²) in [5, 5.41) is 18.1. The second-order valence-corrected chi connectivity index (χ2v) is 4.22. The minimum absolute atomic E-state index is 0.0106. The maximum absolute atomic E-state index is 11.1. The second kappa shape index (κ2) is 4.66. The summed E-state index contributed by atoms with van der Waals surface area (Å²) in [5.41, 5.74) is 3.63. The lowest BCUT2D eigenvalue weighted by Crippen LogP contribution is -2.13. The van der Waals surface area contributed by atoms with Gasteiger partial charge in [-0.15, -0.1) is 0 Å². The van der Waals surface area contributed by atoms with Gasteiger partial charge in [0.2, 0.25) is 0 Å². The molecule has 1 aromatic rings. The highest BCUT2D eigenvalue weighted by Crippen LogP contribution is 2.27. The molecule has 1 aromatic carbocycles. The molecule has 1 aliphatic carbocycles. The van der Waals surface area contributed by atoms with Crippen LogP contribution in [0.4, 0.5) is 0 Å². The van der Waals surface area contributed by atoms with Crippen molar-refractivity contribution in [2.75, 3.05) is 6.61 Å². The minimum atomic E-state index is -0.892. The van der Waals surface area contributed by atoms with Crippen LogP contribution >= 0.6 is 0 Å². The SMILES string of the molecule is O=C(O)c1ccc2c(c1CCO)CCCC2. The summed E-state index contributed by atoms with van der Waals surface area (Å²) in [5.74, 6) is -0.892. The van der Waals surface area contributed by atoms with Crippen LogP contribution in [0.25, 0.3) is 0 Å². The lowest BCUT2D eigenvalue weighted by molar-refractivity contribution is 0.0695. The molecule has 3 nitrogen and oxygen atoms in total. The van der Waals surface area contributed by atoms with E-state index in [4.69, 9.17) is 10.2 Å². The number of rotatable bonds is 3. The van der Waals surface area contributed by atoms with E-state index >= 15 is 0 Å². The number of carbonyl (C=O) groups is 1. The first-order valence-corrected chi connectivity index (χ1v) is 5.72. The third kappa shape index (κ3) is 1.95. The zero-order valence-corrected chi connectivity index (χ0v) is 9.20. The molecule has 0 spiro atoms. The van der Waals surface area contributed by atoms with Crippen LogP contribution in [0.5, 0.6) is 0 Å². The van der Waals surface area contributed by atoms with Gasteiger partial charge in [0.15, 0.2) is 0 Å². The minimum Gasteiger partial charge on any atom is -0.478 e. The largest absolute Gasteiger partial charge is 0.478 e. The number of fused-ring (bicyclic) bond motifs is 1. The Morgan fingerprint density at radius 3 is 2.69 bits per heavy atom. The molecule has 0 radical (unpaired) electrons. The van der Waals surface area contributed by atoms with E-state index in [-0.39, 0.29) is 6.61 Å². The van der Waals surface area contributed by atoms with Crippen molar-refractivity contribution in [3.63, 3.8) is 0 Å². The monoisotopic (exact) mass is 220 g/mol. The van der Waals surface area contributed by atoms with Gasteiger partial charge in [0.1, 0.15) is 0 Å². The van der Waals surface area contributed by atoms with E-state index in [0.717, 1.165) is 24.8 Å². The normalized spacial score (nSPS) is 14.6. The molecule has 2 rings (SSSR count). The standard InChI is InChI=1S/C13H16O3/c14-8-7-11-10-4-2-1-3-9(10)5-6-12(11)13(15)16/h5-6,14H,1-4,7-8H2,(H,15,16). The molecule has 86 valence electrons. The Kier molecular flexibility index (Phi) is 3.25. The number of aromatic carboxylic acids is 1. The third-order valence-electron chi connectivity index (χ3n) is 3.24. The molecular weight excluding hydrogens is 204 g/mol. The van der Waals surface area contributed by atoms with Gasteiger partial charge >= 0.3 is 5.97 Å². The van der Waals surface area contributed by atoms with Crippen LogP contribution in [-0.4, -0.2) is 22.8 Å². The molecule has 0 atom stereocenters. The Morgan fingerprint density at radius 2 is 2.00 bits per heavy atom. The number of aliphatic hydroxyl groups excluding tert-OH is 1. The summed E-state index contributed by atoms with van der Waals surface area (Å²) in [4.78, 5) is 11.1. The van der Waals surface area contributed by atoms with Gasteiger partial charge in [-0.25, -0.2) is 4.79 Å². The first kappa shape index (κ1) is 11.1. The first-order valence-electron chi connectivity index (χ1n) is 5.72. The van der Waals surface area contributed by atoms with Crippen LogP contribution in [0, 0.1) is 0 Å². The lowest BCUT2D eigenvalue weighted by Gasteiger charge is -2.20. The van der Waals surface area contributed by atoms with Crippen LogP contribution < -0.4 is 0 Å². The summed E-state index contributed by atoms with van der Waals surface area (Å²) >= 11 is 0. The first-order chi connectivity index (χ1) is 7.74. The highest BCUT2D eigenvalue weighted by Gasteiger charge is 2.18. The smallest absolute Gasteiger partial charge is 0.335 e. The van der Waals surface area contributed by atoms with Gasteiger partial charge < -0.3 is 10.2 Å². The quantitative estimate of drug-likeness (QED) is 0.816. The van der Waals surface area contributed by atoms with Crippen LogP contribution in [-0.2, 0) is 19.3 Å². The van der Waals surface area contributed by atoms with E-state index in [2.05, 4.69) is 0 Å². The molecule has 0 saturated heterocycles. The Labute approximate surface area is 94.7 Å². The molecule has 0 aromatic heterocycles. The predicted octanol–water partition coefficient (Wildman–Crippen LogP) is 1.80. The molecule has 1 aliphatic rings. The number of hydrogen-bond donors (Lipinski definition) is 2. The topological polar surface area (TPSA) is 57.5 Å². The number of aryl methyl sites for hydroxylation is 1. The van der Waals surface area contributed by atoms with E-state index in [1.807, 2.05) is 6.07 Å². The summed E-state index contributed by atoms with van der Waals surface area (Å²) in [6.07, 6.45) is 4.73. The fraction of sp³-hybridized carbons (Fsp3) is 0.462. The van der Waals surface area contributed by atoms with Gasteiger partial charge in [0.05, 0.1) is 5.56 Å². The molecule has 3 heteroatoms. The second-order valence-electron chi connectivity index (χ2n) is 4.22. The summed E-state index contributed by atoms with van der Waals surface area (Å²) in [6, 6.07) is 3.61. The van der Waals surface area contributed by atoms with Gasteiger partial charge in [-0.1, -0.05) is 6.07 Å². The molecule has 2 N–H and O–H groups in total. The Balaban J connectivity index is 2.52. The summed E-state index contributed by atoms with van der Waals surface area (Å²) < 4.78 is 0. The third-order valence-corrected chi connectivity index (χ3v) is 3.24. The van der Waals surface area contributed by atoms with E-state index in [1.54, 1.807) is 6.07 Å². The maximum Gasteiger partial charge on any atom is 0.335 e. The van der Waals surface area contributed by atoms with Crippen molar-refractivity contribution in [1.82, 2.24) is 0 Å². The van der Waals surface area contributed by atoms with Crippen molar-refractivity contribution < 1.29 is 15.0 Å². The van der Waals surface area contributed by atoms with Gasteiger partial charge in [0, 0.05) is 6.61 Å². The number of hydrogen-bond acceptors (Lipinski definition) is 2. The molecule has 0 unspecified atom stereocenters. The molecular formula is C13H16O3. The number of aliphatic hydroxyl groups is 1. The predicted molar refractivity (Wildman–Crippen MR) is 60.8 cm³/mol. The number of carboxylic acids is 1.